The van der Waals surface area contributed by atoms with E-state index in [2.05, 4.69) is 33.8 Å². The number of esters is 1. The Morgan fingerprint density at radius 1 is 1.18 bits per heavy atom. The van der Waals surface area contributed by atoms with Gasteiger partial charge in [0, 0.05) is 25.2 Å². The molecule has 0 atom stereocenters. The highest BCUT2D eigenvalue weighted by atomic mass is 16.5. The number of aromatic amines is 1. The number of carbonyl (C=O) groups is 1. The van der Waals surface area contributed by atoms with E-state index < -0.39 is 0 Å². The first-order chi connectivity index (χ1) is 16.5. The van der Waals surface area contributed by atoms with E-state index in [4.69, 9.17) is 15.0 Å². The summed E-state index contributed by atoms with van der Waals surface area (Å²) in [6.07, 6.45) is 4.65. The molecule has 2 aromatic carbocycles. The van der Waals surface area contributed by atoms with Crippen LogP contribution in [0.2, 0.25) is 0 Å². The first-order valence-electron chi connectivity index (χ1n) is 12.2. The average molecular weight is 456 g/mol. The van der Waals surface area contributed by atoms with Gasteiger partial charge in [-0.15, -0.1) is 0 Å². The Bertz CT molecular complexity index is 1310. The van der Waals surface area contributed by atoms with Crippen molar-refractivity contribution < 1.29 is 9.53 Å². The van der Waals surface area contributed by atoms with Crippen LogP contribution in [0.5, 0.6) is 0 Å². The lowest BCUT2D eigenvalue weighted by atomic mass is 9.77. The van der Waals surface area contributed by atoms with Crippen molar-refractivity contribution in [1.29, 1.82) is 5.26 Å². The lowest BCUT2D eigenvalue weighted by Gasteiger charge is -2.39. The van der Waals surface area contributed by atoms with Crippen molar-refractivity contribution >= 4 is 23.0 Å². The van der Waals surface area contributed by atoms with Crippen molar-refractivity contribution in [2.45, 2.75) is 39.2 Å². The summed E-state index contributed by atoms with van der Waals surface area (Å²) in [5.41, 5.74) is 7.23. The highest BCUT2D eigenvalue weighted by molar-refractivity contribution is 5.93. The number of aromatic nitrogens is 2. The number of cyclic esters (lactones) is 1. The maximum Gasteiger partial charge on any atom is 0.338 e. The minimum Gasteiger partial charge on any atom is -0.457 e. The van der Waals surface area contributed by atoms with Gasteiger partial charge in [0.25, 0.3) is 0 Å². The molecule has 2 saturated heterocycles. The number of H-pyrrole nitrogens is 1. The maximum absolute atomic E-state index is 11.8. The third kappa shape index (κ3) is 3.63. The van der Waals surface area contributed by atoms with Gasteiger partial charge in [-0.2, -0.15) is 5.26 Å². The lowest BCUT2D eigenvalue weighted by molar-refractivity contribution is 0.0535. The number of nitriles is 1. The van der Waals surface area contributed by atoms with E-state index in [-0.39, 0.29) is 5.97 Å². The zero-order valence-corrected chi connectivity index (χ0v) is 19.6. The number of piperidine rings is 1. The van der Waals surface area contributed by atoms with Gasteiger partial charge >= 0.3 is 5.97 Å². The van der Waals surface area contributed by atoms with Gasteiger partial charge < -0.3 is 19.5 Å². The lowest BCUT2D eigenvalue weighted by Crippen LogP contribution is -2.42. The zero-order chi connectivity index (χ0) is 23.3. The van der Waals surface area contributed by atoms with Crippen LogP contribution in [0.15, 0.2) is 30.3 Å². The number of hydrogen-bond acceptors (Lipinski definition) is 6. The standard InChI is InChI=1S/C27H29N5O2/c1-18-20(3-4-21-22(18)16-34-25(21)33)6-10-31-11-7-27(8-12-31)9-13-32(17-27)26-29-23-5-2-19(15-28)14-24(23)30-26/h2-5,14H,6-13,16-17H2,1H3,(H,29,30). The van der Waals surface area contributed by atoms with Gasteiger partial charge in [0.15, 0.2) is 0 Å². The Labute approximate surface area is 199 Å². The van der Waals surface area contributed by atoms with Crippen LogP contribution in [0.1, 0.15) is 51.9 Å². The zero-order valence-electron chi connectivity index (χ0n) is 19.6. The minimum absolute atomic E-state index is 0.189. The van der Waals surface area contributed by atoms with Gasteiger partial charge in [0.1, 0.15) is 6.61 Å². The number of rotatable bonds is 4. The van der Waals surface area contributed by atoms with Crippen molar-refractivity contribution in [1.82, 2.24) is 14.9 Å². The molecule has 0 radical (unpaired) electrons. The highest BCUT2D eigenvalue weighted by Crippen LogP contribution is 2.41. The molecule has 0 unspecified atom stereocenters. The van der Waals surface area contributed by atoms with Crippen LogP contribution in [-0.2, 0) is 17.8 Å². The van der Waals surface area contributed by atoms with Crippen LogP contribution in [0.3, 0.4) is 0 Å². The maximum atomic E-state index is 11.8. The predicted octanol–water partition coefficient (Wildman–Crippen LogP) is 3.95. The van der Waals surface area contributed by atoms with E-state index in [1.807, 2.05) is 24.3 Å². The summed E-state index contributed by atoms with van der Waals surface area (Å²) >= 11 is 0. The Morgan fingerprint density at radius 2 is 2.00 bits per heavy atom. The number of carbonyl (C=O) groups excluding carboxylic acids is 1. The third-order valence-electron chi connectivity index (χ3n) is 8.23. The van der Waals surface area contributed by atoms with Crippen molar-refractivity contribution in [2.24, 2.45) is 5.41 Å². The Hall–Kier alpha value is -3.37. The molecule has 4 heterocycles. The van der Waals surface area contributed by atoms with Crippen molar-refractivity contribution in [2.75, 3.05) is 37.6 Å². The quantitative estimate of drug-likeness (QED) is 0.600. The third-order valence-corrected chi connectivity index (χ3v) is 8.23. The molecule has 3 aliphatic rings. The van der Waals surface area contributed by atoms with Crippen molar-refractivity contribution in [3.05, 3.63) is 58.1 Å². The topological polar surface area (TPSA) is 85.2 Å². The summed E-state index contributed by atoms with van der Waals surface area (Å²) in [5, 5.41) is 9.15. The van der Waals surface area contributed by atoms with Crippen LogP contribution in [0.25, 0.3) is 11.0 Å². The molecule has 0 bridgehead atoms. The Balaban J connectivity index is 1.06. The summed E-state index contributed by atoms with van der Waals surface area (Å²) < 4.78 is 5.20. The second-order valence-corrected chi connectivity index (χ2v) is 10.1. The number of fused-ring (bicyclic) bond motifs is 2. The molecule has 7 heteroatoms. The molecule has 0 saturated carbocycles. The molecule has 7 nitrogen and oxygen atoms in total. The number of ether oxygens (including phenoxy) is 1. The predicted molar refractivity (Wildman–Crippen MR) is 130 cm³/mol. The van der Waals surface area contributed by atoms with Gasteiger partial charge in [-0.25, -0.2) is 9.78 Å². The molecule has 1 spiro atoms. The molecule has 174 valence electrons. The minimum atomic E-state index is -0.189. The fraction of sp³-hybridized carbons (Fsp3) is 0.444. The summed E-state index contributed by atoms with van der Waals surface area (Å²) in [4.78, 5) is 25.0. The largest absolute Gasteiger partial charge is 0.457 e. The van der Waals surface area contributed by atoms with Crippen molar-refractivity contribution in [3.8, 4) is 6.07 Å². The molecule has 6 rings (SSSR count). The second-order valence-electron chi connectivity index (χ2n) is 10.1. The molecule has 1 aromatic heterocycles. The van der Waals surface area contributed by atoms with E-state index in [0.717, 1.165) is 67.3 Å². The van der Waals surface area contributed by atoms with Crippen LogP contribution >= 0.6 is 0 Å². The van der Waals surface area contributed by atoms with Crippen LogP contribution in [0.4, 0.5) is 5.95 Å². The molecule has 34 heavy (non-hydrogen) atoms. The molecule has 1 N–H and O–H groups in total. The van der Waals surface area contributed by atoms with Gasteiger partial charge in [-0.1, -0.05) is 6.07 Å². The number of nitrogens with zero attached hydrogens (tertiary/aromatic N) is 4. The molecular weight excluding hydrogens is 426 g/mol. The number of imidazole rings is 1. The number of hydrogen-bond donors (Lipinski definition) is 1. The van der Waals surface area contributed by atoms with E-state index >= 15 is 0 Å². The molecule has 3 aromatic rings. The van der Waals surface area contributed by atoms with E-state index in [0.29, 0.717) is 17.6 Å². The smallest absolute Gasteiger partial charge is 0.338 e. The number of likely N-dealkylation sites (tertiary alicyclic amines) is 1. The molecule has 0 aliphatic carbocycles. The summed E-state index contributed by atoms with van der Waals surface area (Å²) in [6.45, 7) is 7.92. The van der Waals surface area contributed by atoms with Gasteiger partial charge in [0.2, 0.25) is 5.95 Å². The van der Waals surface area contributed by atoms with Crippen LogP contribution < -0.4 is 4.90 Å². The van der Waals surface area contributed by atoms with Gasteiger partial charge in [-0.05, 0) is 86.5 Å². The van der Waals surface area contributed by atoms with Crippen molar-refractivity contribution in [3.63, 3.8) is 0 Å². The summed E-state index contributed by atoms with van der Waals surface area (Å²) in [6, 6.07) is 11.9. The monoisotopic (exact) mass is 455 g/mol. The van der Waals surface area contributed by atoms with Gasteiger partial charge in [-0.3, -0.25) is 0 Å². The first-order valence-corrected chi connectivity index (χ1v) is 12.2. The van der Waals surface area contributed by atoms with E-state index in [9.17, 15) is 4.79 Å². The fourth-order valence-corrected chi connectivity index (χ4v) is 5.94. The number of anilines is 1. The van der Waals surface area contributed by atoms with Crippen LogP contribution in [0, 0.1) is 23.7 Å². The molecule has 0 amide bonds. The second kappa shape index (κ2) is 8.14. The Morgan fingerprint density at radius 3 is 2.82 bits per heavy atom. The fourth-order valence-electron chi connectivity index (χ4n) is 5.94. The highest BCUT2D eigenvalue weighted by Gasteiger charge is 2.41. The SMILES string of the molecule is Cc1c(CCN2CCC3(CC2)CCN(c2nc4ccc(C#N)cc4[nH]2)C3)ccc2c1COC2=O. The number of benzene rings is 2. The Kier molecular flexibility index (Phi) is 5.07. The van der Waals surface area contributed by atoms with E-state index in [1.54, 1.807) is 0 Å². The van der Waals surface area contributed by atoms with Crippen LogP contribution in [-0.4, -0.2) is 53.6 Å². The first kappa shape index (κ1) is 21.2. The summed E-state index contributed by atoms with van der Waals surface area (Å²) in [5.74, 6) is 0.741. The molecular formula is C27H29N5O2. The average Bonchev–Trinajstić information content (AvgIpc) is 3.57. The molecule has 3 aliphatic heterocycles. The number of nitrogens with one attached hydrogen (secondary N) is 1. The van der Waals surface area contributed by atoms with Gasteiger partial charge in [0.05, 0.1) is 28.2 Å². The summed E-state index contributed by atoms with van der Waals surface area (Å²) in [7, 11) is 0. The van der Waals surface area contributed by atoms with E-state index in [1.165, 1.54) is 30.4 Å². The normalized spacial score (nSPS) is 19.5. The molecule has 2 fully saturated rings.